The molecule has 1 aliphatic heterocycles. The molecule has 2 heterocycles. The van der Waals surface area contributed by atoms with Gasteiger partial charge in [0.05, 0.1) is 5.69 Å². The quantitative estimate of drug-likeness (QED) is 0.520. The fraction of sp³-hybridized carbons (Fsp3) is 0.273. The fourth-order valence-electron chi connectivity index (χ4n) is 3.26. The number of nitrogens with one attached hydrogen (secondary N) is 2. The van der Waals surface area contributed by atoms with Gasteiger partial charge in [-0.05, 0) is 43.7 Å². The Labute approximate surface area is 187 Å². The van der Waals surface area contributed by atoms with E-state index in [4.69, 9.17) is 9.47 Å². The molecule has 2 aromatic carbocycles. The van der Waals surface area contributed by atoms with Gasteiger partial charge < -0.3 is 24.7 Å². The van der Waals surface area contributed by atoms with Crippen LogP contribution in [0, 0.1) is 11.6 Å². The highest BCUT2D eigenvalue weighted by Gasteiger charge is 2.16. The average molecular weight is 461 g/mol. The minimum Gasteiger partial charge on any atom is -0.454 e. The van der Waals surface area contributed by atoms with Crippen molar-refractivity contribution in [2.24, 2.45) is 4.99 Å². The van der Waals surface area contributed by atoms with Gasteiger partial charge in [0, 0.05) is 36.6 Å². The van der Waals surface area contributed by atoms with Gasteiger partial charge in [0.1, 0.15) is 11.5 Å². The Morgan fingerprint density at radius 1 is 1.16 bits per heavy atom. The van der Waals surface area contributed by atoms with Crippen molar-refractivity contribution < 1.29 is 23.0 Å². The van der Waals surface area contributed by atoms with Crippen molar-refractivity contribution in [3.05, 3.63) is 58.2 Å². The number of urea groups is 1. The number of rotatable bonds is 7. The lowest BCUT2D eigenvalue weighted by molar-refractivity contribution is 0.174. The first-order chi connectivity index (χ1) is 15.5. The predicted octanol–water partition coefficient (Wildman–Crippen LogP) is 4.17. The van der Waals surface area contributed by atoms with Gasteiger partial charge in [0.2, 0.25) is 6.79 Å². The maximum absolute atomic E-state index is 14.2. The summed E-state index contributed by atoms with van der Waals surface area (Å²) in [7, 11) is 0. The lowest BCUT2D eigenvalue weighted by Gasteiger charge is -2.11. The maximum atomic E-state index is 14.2. The molecule has 10 heteroatoms. The van der Waals surface area contributed by atoms with Crippen molar-refractivity contribution >= 4 is 23.1 Å². The van der Waals surface area contributed by atoms with Crippen LogP contribution in [0.1, 0.15) is 13.3 Å². The van der Waals surface area contributed by atoms with E-state index in [1.54, 1.807) is 0 Å². The van der Waals surface area contributed by atoms with Crippen LogP contribution in [-0.4, -0.2) is 30.5 Å². The fourth-order valence-corrected chi connectivity index (χ4v) is 4.21. The lowest BCUT2D eigenvalue weighted by Crippen LogP contribution is -2.36. The van der Waals surface area contributed by atoms with Gasteiger partial charge >= 0.3 is 6.03 Å². The van der Waals surface area contributed by atoms with E-state index in [0.717, 1.165) is 17.3 Å². The lowest BCUT2D eigenvalue weighted by atomic mass is 10.1. The third-order valence-corrected chi connectivity index (χ3v) is 5.64. The molecule has 0 unspecified atom stereocenters. The zero-order valence-electron chi connectivity index (χ0n) is 17.4. The summed E-state index contributed by atoms with van der Waals surface area (Å²) in [5.74, 6) is -0.0494. The van der Waals surface area contributed by atoms with Crippen molar-refractivity contribution in [2.75, 3.05) is 19.9 Å². The minimum absolute atomic E-state index is 0.0553. The predicted molar refractivity (Wildman–Crippen MR) is 117 cm³/mol. The van der Waals surface area contributed by atoms with Gasteiger partial charge in [0.25, 0.3) is 0 Å². The van der Waals surface area contributed by atoms with Crippen LogP contribution < -0.4 is 24.9 Å². The number of halogens is 2. The van der Waals surface area contributed by atoms with Crippen molar-refractivity contribution in [1.82, 2.24) is 15.2 Å². The second-order valence-corrected chi connectivity index (χ2v) is 7.81. The first kappa shape index (κ1) is 21.8. The summed E-state index contributed by atoms with van der Waals surface area (Å²) in [6.45, 7) is 3.56. The van der Waals surface area contributed by atoms with Crippen LogP contribution in [0.25, 0.3) is 11.3 Å². The third-order valence-electron chi connectivity index (χ3n) is 4.77. The Morgan fingerprint density at radius 2 is 2.00 bits per heavy atom. The first-order valence-electron chi connectivity index (χ1n) is 10.1. The van der Waals surface area contributed by atoms with E-state index in [-0.39, 0.29) is 18.5 Å². The largest absolute Gasteiger partial charge is 0.454 e. The van der Waals surface area contributed by atoms with Gasteiger partial charge in [0.15, 0.2) is 22.1 Å². The zero-order valence-corrected chi connectivity index (χ0v) is 18.2. The molecule has 0 fully saturated rings. The molecule has 168 valence electrons. The molecule has 1 aromatic heterocycles. The van der Waals surface area contributed by atoms with E-state index >= 15 is 0 Å². The molecule has 32 heavy (non-hydrogen) atoms. The Balaban J connectivity index is 1.65. The number of amides is 2. The van der Waals surface area contributed by atoms with Crippen LogP contribution in [0.5, 0.6) is 11.5 Å². The van der Waals surface area contributed by atoms with E-state index in [9.17, 15) is 13.6 Å². The molecular formula is C22H22F2N4O3S. The molecule has 0 atom stereocenters. The van der Waals surface area contributed by atoms with E-state index in [0.29, 0.717) is 42.4 Å². The van der Waals surface area contributed by atoms with Crippen molar-refractivity contribution in [2.45, 2.75) is 19.9 Å². The molecule has 0 bridgehead atoms. The first-order valence-corrected chi connectivity index (χ1v) is 11.0. The monoisotopic (exact) mass is 460 g/mol. The summed E-state index contributed by atoms with van der Waals surface area (Å²) < 4.78 is 40.3. The average Bonchev–Trinajstić information content (AvgIpc) is 3.39. The van der Waals surface area contributed by atoms with Crippen LogP contribution in [-0.2, 0) is 6.54 Å². The summed E-state index contributed by atoms with van der Waals surface area (Å²) in [6, 6.07) is 8.72. The van der Waals surface area contributed by atoms with Crippen LogP contribution in [0.15, 0.2) is 46.8 Å². The van der Waals surface area contributed by atoms with Gasteiger partial charge in [-0.3, -0.25) is 0 Å². The van der Waals surface area contributed by atoms with Gasteiger partial charge in [-0.15, -0.1) is 11.3 Å². The number of benzene rings is 2. The molecule has 0 saturated heterocycles. The zero-order chi connectivity index (χ0) is 22.5. The Hall–Kier alpha value is -3.40. The van der Waals surface area contributed by atoms with E-state index in [1.165, 1.54) is 23.5 Å². The number of thiazole rings is 1. The number of ether oxygens (including phenoxy) is 2. The Kier molecular flexibility index (Phi) is 6.69. The van der Waals surface area contributed by atoms with Gasteiger partial charge in [-0.2, -0.15) is 0 Å². The summed E-state index contributed by atoms with van der Waals surface area (Å²) in [4.78, 5) is 16.6. The normalized spacial score (nSPS) is 12.8. The van der Waals surface area contributed by atoms with Crippen molar-refractivity contribution in [1.29, 1.82) is 0 Å². The highest BCUT2D eigenvalue weighted by atomic mass is 32.1. The second kappa shape index (κ2) is 9.82. The molecule has 2 N–H and O–H groups in total. The number of nitrogens with zero attached hydrogens (tertiary/aromatic N) is 2. The summed E-state index contributed by atoms with van der Waals surface area (Å²) >= 11 is 1.35. The molecule has 0 radical (unpaired) electrons. The standard InChI is InChI=1S/C22H22F2N4O3S/c1-2-25-21(29)26-8-3-9-28-18(14-4-7-19-20(10-14)31-13-30-19)12-32-22(28)27-17-6-5-15(23)11-16(17)24/h4-7,10-12H,2-3,8-9,13H2,1H3,(H2,25,26,29)/b27-22-. The highest BCUT2D eigenvalue weighted by Crippen LogP contribution is 2.36. The van der Waals surface area contributed by atoms with Crippen LogP contribution in [0.2, 0.25) is 0 Å². The molecule has 3 aromatic rings. The number of hydrogen-bond donors (Lipinski definition) is 2. The Morgan fingerprint density at radius 3 is 2.81 bits per heavy atom. The molecule has 7 nitrogen and oxygen atoms in total. The number of aromatic nitrogens is 1. The smallest absolute Gasteiger partial charge is 0.314 e. The van der Waals surface area contributed by atoms with Crippen LogP contribution in [0.3, 0.4) is 0 Å². The maximum Gasteiger partial charge on any atom is 0.314 e. The summed E-state index contributed by atoms with van der Waals surface area (Å²) in [5.41, 5.74) is 1.82. The number of carbonyl (C=O) groups is 1. The van der Waals surface area contributed by atoms with E-state index < -0.39 is 11.6 Å². The molecule has 1 aliphatic rings. The van der Waals surface area contributed by atoms with E-state index in [2.05, 4.69) is 15.6 Å². The minimum atomic E-state index is -0.729. The van der Waals surface area contributed by atoms with Gasteiger partial charge in [-0.1, -0.05) is 0 Å². The highest BCUT2D eigenvalue weighted by molar-refractivity contribution is 7.07. The SMILES string of the molecule is CCNC(=O)NCCCn1c(-c2ccc3c(c2)OCO3)cs/c1=N\c1ccc(F)cc1F. The van der Waals surface area contributed by atoms with Crippen molar-refractivity contribution in [3.8, 4) is 22.8 Å². The number of carbonyl (C=O) groups excluding carboxylic acids is 1. The number of fused-ring (bicyclic) bond motifs is 1. The molecule has 0 spiro atoms. The Bertz CT molecular complexity index is 1190. The van der Waals surface area contributed by atoms with Crippen LogP contribution >= 0.6 is 11.3 Å². The summed E-state index contributed by atoms with van der Waals surface area (Å²) in [5, 5.41) is 7.40. The van der Waals surface area contributed by atoms with Gasteiger partial charge in [-0.25, -0.2) is 18.6 Å². The number of hydrogen-bond acceptors (Lipinski definition) is 5. The molecule has 2 amide bonds. The second-order valence-electron chi connectivity index (χ2n) is 6.97. The van der Waals surface area contributed by atoms with Crippen LogP contribution in [0.4, 0.5) is 19.3 Å². The molecule has 4 rings (SSSR count). The molecular weight excluding hydrogens is 438 g/mol. The van der Waals surface area contributed by atoms with E-state index in [1.807, 2.05) is 35.1 Å². The third kappa shape index (κ3) is 4.91. The molecule has 0 aliphatic carbocycles. The topological polar surface area (TPSA) is 76.9 Å². The van der Waals surface area contributed by atoms with Crippen molar-refractivity contribution in [3.63, 3.8) is 0 Å². The summed E-state index contributed by atoms with van der Waals surface area (Å²) in [6.07, 6.45) is 0.629. The molecule has 0 saturated carbocycles.